The molecule has 9 heteroatoms. The van der Waals surface area contributed by atoms with Crippen LogP contribution in [0.25, 0.3) is 11.3 Å². The molecule has 2 N–H and O–H groups in total. The molecule has 31 heavy (non-hydrogen) atoms. The normalized spacial score (nSPS) is 16.8. The maximum absolute atomic E-state index is 15.7. The van der Waals surface area contributed by atoms with Gasteiger partial charge in [0.1, 0.15) is 10.9 Å². The molecular weight excluding hydrogens is 423 g/mol. The summed E-state index contributed by atoms with van der Waals surface area (Å²) in [5.41, 5.74) is 4.05. The van der Waals surface area contributed by atoms with Gasteiger partial charge in [-0.05, 0) is 30.9 Å². The number of halogens is 2. The van der Waals surface area contributed by atoms with Crippen molar-refractivity contribution in [1.82, 2.24) is 20.3 Å². The van der Waals surface area contributed by atoms with Crippen molar-refractivity contribution in [1.29, 1.82) is 0 Å². The molecule has 0 saturated carbocycles. The molecule has 1 atom stereocenters. The molecule has 7 nitrogen and oxygen atoms in total. The fourth-order valence-electron chi connectivity index (χ4n) is 4.25. The Morgan fingerprint density at radius 3 is 2.84 bits per heavy atom. The number of hydrogen-bond donors (Lipinski definition) is 2. The van der Waals surface area contributed by atoms with E-state index >= 15 is 4.39 Å². The monoisotopic (exact) mass is 440 g/mol. The third-order valence-corrected chi connectivity index (χ3v) is 6.01. The summed E-state index contributed by atoms with van der Waals surface area (Å²) >= 11 is 5.94. The number of ketones is 1. The van der Waals surface area contributed by atoms with Crippen LogP contribution >= 0.6 is 11.6 Å². The van der Waals surface area contributed by atoms with Crippen molar-refractivity contribution in [3.05, 3.63) is 57.4 Å². The van der Waals surface area contributed by atoms with Gasteiger partial charge in [-0.1, -0.05) is 18.5 Å². The van der Waals surface area contributed by atoms with Gasteiger partial charge in [-0.3, -0.25) is 9.59 Å². The lowest BCUT2D eigenvalue weighted by molar-refractivity contribution is 0.0939. The van der Waals surface area contributed by atoms with Crippen LogP contribution in [0.1, 0.15) is 57.3 Å². The highest BCUT2D eigenvalue weighted by Gasteiger charge is 2.34. The van der Waals surface area contributed by atoms with E-state index in [0.717, 1.165) is 16.8 Å². The van der Waals surface area contributed by atoms with Crippen molar-refractivity contribution < 1.29 is 18.7 Å². The second kappa shape index (κ2) is 7.16. The van der Waals surface area contributed by atoms with Crippen molar-refractivity contribution >= 4 is 23.3 Å². The number of nitrogens with one attached hydrogen (secondary N) is 2. The summed E-state index contributed by atoms with van der Waals surface area (Å²) in [6, 6.07) is 1.35. The average Bonchev–Trinajstić information content (AvgIpc) is 3.13. The highest BCUT2D eigenvalue weighted by atomic mass is 35.5. The van der Waals surface area contributed by atoms with Gasteiger partial charge in [-0.25, -0.2) is 14.4 Å². The van der Waals surface area contributed by atoms with E-state index in [0.29, 0.717) is 36.2 Å². The fraction of sp³-hybridized carbons (Fsp3) is 0.273. The average molecular weight is 441 g/mol. The van der Waals surface area contributed by atoms with Crippen LogP contribution in [0.5, 0.6) is 11.6 Å². The Labute approximate surface area is 182 Å². The van der Waals surface area contributed by atoms with Crippen LogP contribution in [0.3, 0.4) is 0 Å². The number of fused-ring (bicyclic) bond motifs is 5. The minimum absolute atomic E-state index is 0.0775. The van der Waals surface area contributed by atoms with Crippen molar-refractivity contribution in [2.45, 2.75) is 32.6 Å². The second-order valence-corrected chi connectivity index (χ2v) is 8.20. The third-order valence-electron chi connectivity index (χ3n) is 5.80. The summed E-state index contributed by atoms with van der Waals surface area (Å²) in [6.07, 6.45) is 4.02. The number of carbonyl (C=O) groups is 2. The number of carbonyl (C=O) groups excluding carboxylic acids is 2. The van der Waals surface area contributed by atoms with E-state index in [1.807, 2.05) is 6.92 Å². The molecule has 1 amide bonds. The van der Waals surface area contributed by atoms with E-state index in [1.54, 1.807) is 6.20 Å². The molecule has 5 rings (SSSR count). The highest BCUT2D eigenvalue weighted by molar-refractivity contribution is 6.29. The zero-order valence-electron chi connectivity index (χ0n) is 16.8. The van der Waals surface area contributed by atoms with Crippen LogP contribution in [0.15, 0.2) is 18.5 Å². The molecule has 1 aliphatic heterocycles. The number of hydrogen-bond acceptors (Lipinski definition) is 5. The molecule has 0 unspecified atom stereocenters. The molecule has 0 bridgehead atoms. The Balaban J connectivity index is 1.64. The minimum atomic E-state index is -0.660. The van der Waals surface area contributed by atoms with Gasteiger partial charge >= 0.3 is 0 Å². The Kier molecular flexibility index (Phi) is 4.55. The van der Waals surface area contributed by atoms with Gasteiger partial charge in [0.2, 0.25) is 0 Å². The van der Waals surface area contributed by atoms with Crippen molar-refractivity contribution in [2.75, 3.05) is 6.54 Å². The summed E-state index contributed by atoms with van der Waals surface area (Å²) < 4.78 is 21.4. The van der Waals surface area contributed by atoms with Crippen molar-refractivity contribution in [3.8, 4) is 22.9 Å². The summed E-state index contributed by atoms with van der Waals surface area (Å²) in [5, 5.41) is 3.00. The first kappa shape index (κ1) is 19.7. The van der Waals surface area contributed by atoms with Crippen LogP contribution in [0.2, 0.25) is 5.15 Å². The Morgan fingerprint density at radius 2 is 2.06 bits per heavy atom. The second-order valence-electron chi connectivity index (χ2n) is 7.82. The smallest absolute Gasteiger partial charge is 0.256 e. The van der Waals surface area contributed by atoms with Gasteiger partial charge in [0, 0.05) is 42.2 Å². The number of rotatable bonds is 3. The summed E-state index contributed by atoms with van der Waals surface area (Å²) in [4.78, 5) is 35.7. The molecule has 0 spiro atoms. The lowest BCUT2D eigenvalue weighted by Gasteiger charge is -2.21. The highest BCUT2D eigenvalue weighted by Crippen LogP contribution is 2.42. The molecule has 0 fully saturated rings. The maximum Gasteiger partial charge on any atom is 0.256 e. The van der Waals surface area contributed by atoms with E-state index in [4.69, 9.17) is 16.3 Å². The van der Waals surface area contributed by atoms with Crippen LogP contribution in [0, 0.1) is 5.82 Å². The van der Waals surface area contributed by atoms with Gasteiger partial charge in [-0.2, -0.15) is 0 Å². The number of aromatic nitrogens is 3. The molecule has 0 aromatic carbocycles. The van der Waals surface area contributed by atoms with E-state index in [1.165, 1.54) is 19.2 Å². The van der Waals surface area contributed by atoms with Crippen LogP contribution in [-0.2, 0) is 12.8 Å². The lowest BCUT2D eigenvalue weighted by Crippen LogP contribution is -2.34. The van der Waals surface area contributed by atoms with Crippen molar-refractivity contribution in [2.24, 2.45) is 0 Å². The zero-order valence-corrected chi connectivity index (χ0v) is 17.6. The van der Waals surface area contributed by atoms with Gasteiger partial charge in [0.25, 0.3) is 11.8 Å². The van der Waals surface area contributed by atoms with Crippen molar-refractivity contribution in [3.63, 3.8) is 0 Å². The number of pyridine rings is 2. The number of nitrogens with zero attached hydrogens (tertiary/aromatic N) is 2. The van der Waals surface area contributed by atoms with Crippen LogP contribution in [-0.4, -0.2) is 33.2 Å². The number of H-pyrrole nitrogens is 1. The minimum Gasteiger partial charge on any atom is -0.436 e. The van der Waals surface area contributed by atoms with E-state index < -0.39 is 5.82 Å². The number of amides is 1. The summed E-state index contributed by atoms with van der Waals surface area (Å²) in [7, 11) is 0. The number of ether oxygens (including phenoxy) is 1. The molecule has 158 valence electrons. The molecule has 0 radical (unpaired) electrons. The van der Waals surface area contributed by atoms with E-state index in [-0.39, 0.29) is 40.0 Å². The number of Topliss-reactive ketones (excluding diaryl/α,β-unsaturated/α-hetero) is 1. The Hall–Kier alpha value is -3.26. The summed E-state index contributed by atoms with van der Waals surface area (Å²) in [6.45, 7) is 3.90. The van der Waals surface area contributed by atoms with Gasteiger partial charge in [0.15, 0.2) is 11.6 Å². The molecule has 3 aromatic heterocycles. The predicted molar refractivity (Wildman–Crippen MR) is 111 cm³/mol. The first-order valence-electron chi connectivity index (χ1n) is 9.90. The van der Waals surface area contributed by atoms with Crippen LogP contribution in [0.4, 0.5) is 4.39 Å². The van der Waals surface area contributed by atoms with Gasteiger partial charge in [-0.15, -0.1) is 0 Å². The quantitative estimate of drug-likeness (QED) is 0.470. The zero-order chi connectivity index (χ0) is 21.9. The fourth-order valence-corrected chi connectivity index (χ4v) is 4.40. The van der Waals surface area contributed by atoms with Gasteiger partial charge in [0.05, 0.1) is 16.8 Å². The first-order chi connectivity index (χ1) is 14.8. The van der Waals surface area contributed by atoms with E-state index in [2.05, 4.69) is 20.3 Å². The Bertz CT molecular complexity index is 1270. The molecular formula is C22H18ClFN4O3. The SMILES string of the molecule is CC(=O)c1cnc(Cl)cc1Oc1ncc2c(c1F)-c1[nH]c3c(c1CC2)C(=O)NC[C@@H]3C. The maximum atomic E-state index is 15.7. The molecule has 3 aromatic rings. The number of aryl methyl sites for hydroxylation is 1. The standard InChI is InChI=1S/C22H18ClFN4O3/c1-9-6-26-21(30)17-12-4-3-11-7-27-22(18(24)16(11)20(12)28-19(9)17)31-14-5-15(23)25-8-13(14)10(2)29/h5,7-9,28H,3-4,6H2,1-2H3,(H,26,30)/t9-/m0/s1. The first-order valence-corrected chi connectivity index (χ1v) is 10.3. The topological polar surface area (TPSA) is 97.0 Å². The molecule has 1 aliphatic carbocycles. The third kappa shape index (κ3) is 3.09. The predicted octanol–water partition coefficient (Wildman–Crippen LogP) is 4.20. The van der Waals surface area contributed by atoms with Gasteiger partial charge < -0.3 is 15.0 Å². The van der Waals surface area contributed by atoms with Crippen LogP contribution < -0.4 is 10.1 Å². The van der Waals surface area contributed by atoms with E-state index in [9.17, 15) is 9.59 Å². The largest absolute Gasteiger partial charge is 0.436 e. The Morgan fingerprint density at radius 1 is 1.26 bits per heavy atom. The molecule has 2 aliphatic rings. The molecule has 4 heterocycles. The number of aromatic amines is 1. The summed E-state index contributed by atoms with van der Waals surface area (Å²) in [5.74, 6) is -1.20. The lowest BCUT2D eigenvalue weighted by atomic mass is 9.87. The molecule has 0 saturated heterocycles.